The van der Waals surface area contributed by atoms with Crippen molar-refractivity contribution in [2.75, 3.05) is 26.9 Å². The van der Waals surface area contributed by atoms with Crippen LogP contribution < -0.4 is 5.32 Å². The van der Waals surface area contributed by atoms with E-state index in [0.29, 0.717) is 13.2 Å². The van der Waals surface area contributed by atoms with Crippen LogP contribution in [0.15, 0.2) is 0 Å². The van der Waals surface area contributed by atoms with Crippen molar-refractivity contribution < 1.29 is 14.6 Å². The topological polar surface area (TPSA) is 58.6 Å². The molecule has 0 atom stereocenters. The lowest BCUT2D eigenvalue weighted by Crippen LogP contribution is -2.42. The lowest BCUT2D eigenvalue weighted by molar-refractivity contribution is -0.132. The summed E-state index contributed by atoms with van der Waals surface area (Å²) in [6.45, 7) is 1.48. The van der Waals surface area contributed by atoms with E-state index in [1.807, 2.05) is 0 Å². The largest absolute Gasteiger partial charge is 0.396 e. The highest BCUT2D eigenvalue weighted by Gasteiger charge is 2.45. The standard InChI is InChI=1S/C14H25NO3/c1-18-9-8-14(4-2-3-5-14)12(17)15-10-13(11-16)6-7-13/h16H,2-11H2,1H3,(H,15,17). The number of carbonyl (C=O) groups is 1. The average molecular weight is 255 g/mol. The Balaban J connectivity index is 1.87. The number of methoxy groups -OCH3 is 1. The Kier molecular flexibility index (Phi) is 4.28. The fourth-order valence-corrected chi connectivity index (χ4v) is 2.96. The van der Waals surface area contributed by atoms with Gasteiger partial charge in [0.25, 0.3) is 0 Å². The molecule has 4 heteroatoms. The maximum atomic E-state index is 12.4. The molecule has 0 unspecified atom stereocenters. The molecule has 2 aliphatic carbocycles. The van der Waals surface area contributed by atoms with Crippen LogP contribution in [0.4, 0.5) is 0 Å². The number of ether oxygens (including phenoxy) is 1. The van der Waals surface area contributed by atoms with Crippen molar-refractivity contribution in [3.05, 3.63) is 0 Å². The summed E-state index contributed by atoms with van der Waals surface area (Å²) in [5, 5.41) is 12.3. The molecule has 0 aromatic carbocycles. The van der Waals surface area contributed by atoms with E-state index in [0.717, 1.165) is 44.9 Å². The van der Waals surface area contributed by atoms with Gasteiger partial charge in [-0.3, -0.25) is 4.79 Å². The molecule has 104 valence electrons. The predicted octanol–water partition coefficient (Wildman–Crippen LogP) is 1.47. The van der Waals surface area contributed by atoms with Gasteiger partial charge in [0.2, 0.25) is 5.91 Å². The molecular weight excluding hydrogens is 230 g/mol. The first-order valence-electron chi connectivity index (χ1n) is 7.05. The highest BCUT2D eigenvalue weighted by Crippen LogP contribution is 2.45. The van der Waals surface area contributed by atoms with Crippen molar-refractivity contribution >= 4 is 5.91 Å². The minimum atomic E-state index is -0.207. The van der Waals surface area contributed by atoms with Gasteiger partial charge in [-0.05, 0) is 32.1 Å². The van der Waals surface area contributed by atoms with Gasteiger partial charge in [-0.15, -0.1) is 0 Å². The van der Waals surface area contributed by atoms with Crippen LogP contribution in [-0.2, 0) is 9.53 Å². The molecule has 0 aliphatic heterocycles. The number of aliphatic hydroxyl groups excluding tert-OH is 1. The lowest BCUT2D eigenvalue weighted by Gasteiger charge is -2.28. The molecule has 0 aromatic heterocycles. The van der Waals surface area contributed by atoms with Gasteiger partial charge in [0.05, 0.1) is 12.0 Å². The zero-order valence-electron chi connectivity index (χ0n) is 11.3. The summed E-state index contributed by atoms with van der Waals surface area (Å²) in [6.07, 6.45) is 7.14. The molecular formula is C14H25NO3. The Labute approximate surface area is 109 Å². The number of carbonyl (C=O) groups excluding carboxylic acids is 1. The van der Waals surface area contributed by atoms with Crippen LogP contribution >= 0.6 is 0 Å². The lowest BCUT2D eigenvalue weighted by atomic mass is 9.82. The van der Waals surface area contributed by atoms with Crippen molar-refractivity contribution in [3.8, 4) is 0 Å². The van der Waals surface area contributed by atoms with Gasteiger partial charge in [-0.25, -0.2) is 0 Å². The molecule has 2 N–H and O–H groups in total. The van der Waals surface area contributed by atoms with Gasteiger partial charge in [0, 0.05) is 25.7 Å². The fourth-order valence-electron chi connectivity index (χ4n) is 2.96. The number of hydrogen-bond donors (Lipinski definition) is 2. The van der Waals surface area contributed by atoms with E-state index in [-0.39, 0.29) is 23.3 Å². The minimum absolute atomic E-state index is 0.00326. The van der Waals surface area contributed by atoms with E-state index in [1.165, 1.54) is 0 Å². The third kappa shape index (κ3) is 2.86. The maximum absolute atomic E-state index is 12.4. The summed E-state index contributed by atoms with van der Waals surface area (Å²) < 4.78 is 5.14. The Morgan fingerprint density at radius 1 is 1.28 bits per heavy atom. The zero-order valence-corrected chi connectivity index (χ0v) is 11.3. The third-order valence-electron chi connectivity index (χ3n) is 4.74. The molecule has 18 heavy (non-hydrogen) atoms. The Hall–Kier alpha value is -0.610. The quantitative estimate of drug-likeness (QED) is 0.724. The smallest absolute Gasteiger partial charge is 0.226 e. The summed E-state index contributed by atoms with van der Waals surface area (Å²) in [6, 6.07) is 0. The fraction of sp³-hybridized carbons (Fsp3) is 0.929. The van der Waals surface area contributed by atoms with E-state index in [1.54, 1.807) is 7.11 Å². The number of nitrogens with one attached hydrogen (secondary N) is 1. The molecule has 2 rings (SSSR count). The Morgan fingerprint density at radius 3 is 2.44 bits per heavy atom. The molecule has 2 fully saturated rings. The number of amides is 1. The second kappa shape index (κ2) is 5.57. The van der Waals surface area contributed by atoms with Gasteiger partial charge in [-0.2, -0.15) is 0 Å². The zero-order chi connectivity index (χ0) is 13.1. The van der Waals surface area contributed by atoms with Crippen LogP contribution in [0.1, 0.15) is 44.9 Å². The van der Waals surface area contributed by atoms with Crippen molar-refractivity contribution in [2.45, 2.75) is 44.9 Å². The molecule has 0 heterocycles. The van der Waals surface area contributed by atoms with Crippen LogP contribution in [0.2, 0.25) is 0 Å². The molecule has 0 radical (unpaired) electrons. The van der Waals surface area contributed by atoms with Gasteiger partial charge in [-0.1, -0.05) is 12.8 Å². The number of rotatable bonds is 7. The summed E-state index contributed by atoms with van der Waals surface area (Å²) >= 11 is 0. The summed E-state index contributed by atoms with van der Waals surface area (Å²) in [7, 11) is 1.69. The normalized spacial score (nSPS) is 23.9. The monoisotopic (exact) mass is 255 g/mol. The van der Waals surface area contributed by atoms with E-state index in [9.17, 15) is 9.90 Å². The summed E-state index contributed by atoms with van der Waals surface area (Å²) in [5.41, 5.74) is -0.210. The molecule has 2 aliphatic rings. The second-order valence-corrected chi connectivity index (χ2v) is 6.07. The van der Waals surface area contributed by atoms with Crippen molar-refractivity contribution in [3.63, 3.8) is 0 Å². The second-order valence-electron chi connectivity index (χ2n) is 6.07. The highest BCUT2D eigenvalue weighted by molar-refractivity contribution is 5.83. The van der Waals surface area contributed by atoms with Crippen molar-refractivity contribution in [1.29, 1.82) is 0 Å². The van der Waals surface area contributed by atoms with E-state index < -0.39 is 0 Å². The molecule has 4 nitrogen and oxygen atoms in total. The minimum Gasteiger partial charge on any atom is -0.396 e. The molecule has 0 aromatic rings. The van der Waals surface area contributed by atoms with Crippen molar-refractivity contribution in [1.82, 2.24) is 5.32 Å². The van der Waals surface area contributed by atoms with Crippen LogP contribution in [-0.4, -0.2) is 37.9 Å². The molecule has 1 amide bonds. The Bertz CT molecular complexity index is 293. The van der Waals surface area contributed by atoms with Crippen LogP contribution in [0.25, 0.3) is 0 Å². The molecule has 0 saturated heterocycles. The third-order valence-corrected chi connectivity index (χ3v) is 4.74. The van der Waals surface area contributed by atoms with Crippen LogP contribution in [0.3, 0.4) is 0 Å². The van der Waals surface area contributed by atoms with Crippen LogP contribution in [0, 0.1) is 10.8 Å². The maximum Gasteiger partial charge on any atom is 0.226 e. The van der Waals surface area contributed by atoms with E-state index in [4.69, 9.17) is 4.74 Å². The van der Waals surface area contributed by atoms with E-state index >= 15 is 0 Å². The van der Waals surface area contributed by atoms with Gasteiger partial charge < -0.3 is 15.2 Å². The highest BCUT2D eigenvalue weighted by atomic mass is 16.5. The summed E-state index contributed by atoms with van der Waals surface area (Å²) in [5.74, 6) is 0.178. The molecule has 0 spiro atoms. The number of hydrogen-bond acceptors (Lipinski definition) is 3. The first kappa shape index (κ1) is 13.8. The SMILES string of the molecule is COCCC1(C(=O)NCC2(CO)CC2)CCCC1. The average Bonchev–Trinajstić information content (AvgIpc) is 3.03. The first-order valence-corrected chi connectivity index (χ1v) is 7.05. The summed E-state index contributed by atoms with van der Waals surface area (Å²) in [4.78, 5) is 12.4. The molecule has 2 saturated carbocycles. The first-order chi connectivity index (χ1) is 8.66. The predicted molar refractivity (Wildman–Crippen MR) is 69.2 cm³/mol. The van der Waals surface area contributed by atoms with Crippen LogP contribution in [0.5, 0.6) is 0 Å². The molecule has 0 bridgehead atoms. The van der Waals surface area contributed by atoms with Gasteiger partial charge in [0.15, 0.2) is 0 Å². The van der Waals surface area contributed by atoms with Gasteiger partial charge in [0.1, 0.15) is 0 Å². The number of aliphatic hydroxyl groups is 1. The van der Waals surface area contributed by atoms with E-state index in [2.05, 4.69) is 5.32 Å². The van der Waals surface area contributed by atoms with Crippen molar-refractivity contribution in [2.24, 2.45) is 10.8 Å². The Morgan fingerprint density at radius 2 is 1.94 bits per heavy atom. The van der Waals surface area contributed by atoms with Gasteiger partial charge >= 0.3 is 0 Å².